The van der Waals surface area contributed by atoms with Crippen molar-refractivity contribution in [3.63, 3.8) is 0 Å². The third kappa shape index (κ3) is 4.69. The number of fused-ring (bicyclic) bond motifs is 4. The highest BCUT2D eigenvalue weighted by Crippen LogP contribution is 2.41. The van der Waals surface area contributed by atoms with Gasteiger partial charge >= 0.3 is 0 Å². The number of aromatic nitrogens is 3. The number of ether oxygens (including phenoxy) is 1. The van der Waals surface area contributed by atoms with E-state index in [-0.39, 0.29) is 23.9 Å². The number of nitrogens with two attached hydrogens (primary N) is 1. The molecular weight excluding hydrogens is 576 g/mol. The molecular formula is C37H38N6O3. The second kappa shape index (κ2) is 10.9. The lowest BCUT2D eigenvalue weighted by atomic mass is 10.0. The first-order chi connectivity index (χ1) is 22.3. The lowest BCUT2D eigenvalue weighted by molar-refractivity contribution is -0.111. The van der Waals surface area contributed by atoms with Crippen molar-refractivity contribution in [1.29, 1.82) is 0 Å². The molecule has 234 valence electrons. The van der Waals surface area contributed by atoms with Gasteiger partial charge in [-0.2, -0.15) is 0 Å². The number of piperidine rings is 1. The fourth-order valence-electron chi connectivity index (χ4n) is 7.61. The summed E-state index contributed by atoms with van der Waals surface area (Å²) in [6.45, 7) is 5.18. The van der Waals surface area contributed by atoms with E-state index in [9.17, 15) is 9.59 Å². The summed E-state index contributed by atoms with van der Waals surface area (Å²) < 4.78 is 10.3. The van der Waals surface area contributed by atoms with Crippen LogP contribution in [-0.4, -0.2) is 56.6 Å². The van der Waals surface area contributed by atoms with Crippen molar-refractivity contribution in [3.8, 4) is 28.4 Å². The van der Waals surface area contributed by atoms with E-state index < -0.39 is 0 Å². The van der Waals surface area contributed by atoms with Gasteiger partial charge in [0.2, 0.25) is 5.91 Å². The molecule has 3 unspecified atom stereocenters. The largest absolute Gasteiger partial charge is 0.494 e. The number of carbonyl (C=O) groups is 2. The average Bonchev–Trinajstić information content (AvgIpc) is 3.47. The summed E-state index contributed by atoms with van der Waals surface area (Å²) in [6, 6.07) is 20.5. The first-order valence-corrected chi connectivity index (χ1v) is 16.1. The standard InChI is InChI=1S/C37H38N6O3/c1-4-33(44)39-27-7-5-6-22(14-27)23-10-11-24-17-31(42(30(24)16-23)19-21-8-9-21)36-40-28-15-26(18-32(46-3)35(28)41(36)2)37(45)43-20-25-12-13-29(43)34(25)38/h4-7,10-11,14-18,21,25,29,34H,1,8-9,12-13,19-20,38H2,2-3H3,(H,39,44). The van der Waals surface area contributed by atoms with Crippen LogP contribution in [0.3, 0.4) is 0 Å². The molecule has 0 radical (unpaired) electrons. The van der Waals surface area contributed by atoms with E-state index in [1.165, 1.54) is 18.9 Å². The van der Waals surface area contributed by atoms with Gasteiger partial charge in [-0.05, 0) is 91.1 Å². The Morgan fingerprint density at radius 3 is 2.61 bits per heavy atom. The first kappa shape index (κ1) is 28.6. The van der Waals surface area contributed by atoms with Gasteiger partial charge in [0.1, 0.15) is 11.3 Å². The van der Waals surface area contributed by atoms with Crippen LogP contribution in [0.2, 0.25) is 0 Å². The predicted molar refractivity (Wildman–Crippen MR) is 181 cm³/mol. The molecule has 46 heavy (non-hydrogen) atoms. The number of hydrogen-bond acceptors (Lipinski definition) is 5. The molecule has 9 heteroatoms. The maximum atomic E-state index is 13.7. The summed E-state index contributed by atoms with van der Waals surface area (Å²) in [5, 5.41) is 3.99. The molecule has 2 saturated carbocycles. The summed E-state index contributed by atoms with van der Waals surface area (Å²) in [5.74, 6) is 2.24. The molecule has 2 aromatic heterocycles. The Bertz CT molecular complexity index is 2050. The zero-order valence-electron chi connectivity index (χ0n) is 26.2. The molecule has 3 N–H and O–H groups in total. The molecule has 3 aliphatic rings. The highest BCUT2D eigenvalue weighted by Gasteiger charge is 2.47. The average molecular weight is 615 g/mol. The second-order valence-electron chi connectivity index (χ2n) is 13.1. The van der Waals surface area contributed by atoms with E-state index >= 15 is 0 Å². The molecule has 0 spiro atoms. The van der Waals surface area contributed by atoms with Crippen LogP contribution in [-0.2, 0) is 18.4 Å². The molecule has 9 nitrogen and oxygen atoms in total. The molecule has 3 heterocycles. The predicted octanol–water partition coefficient (Wildman–Crippen LogP) is 5.97. The summed E-state index contributed by atoms with van der Waals surface area (Å²) >= 11 is 0. The monoisotopic (exact) mass is 614 g/mol. The number of likely N-dealkylation sites (tertiary alicyclic amines) is 1. The number of imidazole rings is 1. The Kier molecular flexibility index (Phi) is 6.76. The molecule has 3 atom stereocenters. The van der Waals surface area contributed by atoms with E-state index in [1.807, 2.05) is 42.3 Å². The van der Waals surface area contributed by atoms with Crippen molar-refractivity contribution in [2.45, 2.75) is 44.3 Å². The van der Waals surface area contributed by atoms with Crippen LogP contribution in [0.25, 0.3) is 44.6 Å². The zero-order valence-corrected chi connectivity index (χ0v) is 26.2. The van der Waals surface area contributed by atoms with Gasteiger partial charge in [0, 0.05) is 54.4 Å². The van der Waals surface area contributed by atoms with E-state index in [0.717, 1.165) is 76.2 Å². The first-order valence-electron chi connectivity index (χ1n) is 16.1. The highest BCUT2D eigenvalue weighted by atomic mass is 16.5. The summed E-state index contributed by atoms with van der Waals surface area (Å²) in [5.41, 5.74) is 13.6. The van der Waals surface area contributed by atoms with Crippen molar-refractivity contribution in [2.24, 2.45) is 24.6 Å². The molecule has 2 amide bonds. The van der Waals surface area contributed by atoms with Crippen LogP contribution in [0.1, 0.15) is 36.0 Å². The van der Waals surface area contributed by atoms with Crippen molar-refractivity contribution in [1.82, 2.24) is 19.0 Å². The Hall–Kier alpha value is -4.89. The topological polar surface area (TPSA) is 107 Å². The van der Waals surface area contributed by atoms with E-state index in [4.69, 9.17) is 15.5 Å². The Balaban J connectivity index is 1.21. The molecule has 1 aliphatic heterocycles. The van der Waals surface area contributed by atoms with Gasteiger partial charge in [-0.1, -0.05) is 30.8 Å². The van der Waals surface area contributed by atoms with Crippen LogP contribution < -0.4 is 15.8 Å². The Morgan fingerprint density at radius 2 is 1.89 bits per heavy atom. The molecule has 3 fully saturated rings. The van der Waals surface area contributed by atoms with Crippen molar-refractivity contribution in [2.75, 3.05) is 19.0 Å². The van der Waals surface area contributed by atoms with E-state index in [2.05, 4.69) is 51.4 Å². The van der Waals surface area contributed by atoms with Gasteiger partial charge in [-0.15, -0.1) is 0 Å². The molecule has 3 aromatic carbocycles. The summed E-state index contributed by atoms with van der Waals surface area (Å²) in [4.78, 5) is 32.8. The smallest absolute Gasteiger partial charge is 0.254 e. The lowest BCUT2D eigenvalue weighted by Crippen LogP contribution is -2.41. The normalized spacial score (nSPS) is 20.5. The van der Waals surface area contributed by atoms with Crippen molar-refractivity contribution >= 4 is 39.4 Å². The molecule has 1 saturated heterocycles. The second-order valence-corrected chi connectivity index (χ2v) is 13.1. The van der Waals surface area contributed by atoms with Gasteiger partial charge < -0.3 is 29.8 Å². The van der Waals surface area contributed by atoms with Crippen LogP contribution in [0.4, 0.5) is 5.69 Å². The van der Waals surface area contributed by atoms with E-state index in [0.29, 0.717) is 23.1 Å². The number of anilines is 1. The number of nitrogens with zero attached hydrogens (tertiary/aromatic N) is 4. The van der Waals surface area contributed by atoms with Gasteiger partial charge in [-0.25, -0.2) is 4.98 Å². The van der Waals surface area contributed by atoms with Crippen LogP contribution >= 0.6 is 0 Å². The lowest BCUT2D eigenvalue weighted by Gasteiger charge is -2.27. The SMILES string of the molecule is C=CC(=O)Nc1cccc(-c2ccc3cc(-c4nc5cc(C(=O)N6CC7CCC6C7N)cc(OC)c5n4C)n(CC4CC4)c3c2)c1. The molecule has 2 aliphatic carbocycles. The zero-order chi connectivity index (χ0) is 31.7. The van der Waals surface area contributed by atoms with Gasteiger partial charge in [-0.3, -0.25) is 9.59 Å². The number of hydrogen-bond donors (Lipinski definition) is 2. The maximum Gasteiger partial charge on any atom is 0.254 e. The quantitative estimate of drug-likeness (QED) is 0.210. The molecule has 2 bridgehead atoms. The van der Waals surface area contributed by atoms with Gasteiger partial charge in [0.05, 0.1) is 18.3 Å². The van der Waals surface area contributed by atoms with E-state index in [1.54, 1.807) is 7.11 Å². The number of rotatable bonds is 8. The number of aryl methyl sites for hydroxylation is 1. The van der Waals surface area contributed by atoms with Gasteiger partial charge in [0.25, 0.3) is 5.91 Å². The molecule has 8 rings (SSSR count). The number of nitrogens with one attached hydrogen (secondary N) is 1. The third-order valence-electron chi connectivity index (χ3n) is 10.2. The van der Waals surface area contributed by atoms with Crippen molar-refractivity contribution in [3.05, 3.63) is 78.9 Å². The minimum atomic E-state index is -0.238. The number of methoxy groups -OCH3 is 1. The fraction of sp³-hybridized carbons (Fsp3) is 0.324. The number of benzene rings is 3. The van der Waals surface area contributed by atoms with Gasteiger partial charge in [0.15, 0.2) is 5.82 Å². The Labute approximate surface area is 267 Å². The summed E-state index contributed by atoms with van der Waals surface area (Å²) in [7, 11) is 3.66. The van der Waals surface area contributed by atoms with Crippen molar-refractivity contribution < 1.29 is 14.3 Å². The maximum absolute atomic E-state index is 13.7. The van der Waals surface area contributed by atoms with Crippen LogP contribution in [0, 0.1) is 11.8 Å². The fourth-order valence-corrected chi connectivity index (χ4v) is 7.61. The minimum absolute atomic E-state index is 0.00134. The summed E-state index contributed by atoms with van der Waals surface area (Å²) in [6.07, 6.45) is 5.77. The van der Waals surface area contributed by atoms with Crippen LogP contribution in [0.5, 0.6) is 5.75 Å². The van der Waals surface area contributed by atoms with Crippen LogP contribution in [0.15, 0.2) is 73.3 Å². The Morgan fingerprint density at radius 1 is 1.07 bits per heavy atom. The minimum Gasteiger partial charge on any atom is -0.494 e. The number of amides is 2. The highest BCUT2D eigenvalue weighted by molar-refractivity contribution is 6.01. The number of carbonyl (C=O) groups excluding carboxylic acids is 2. The molecule has 5 aromatic rings. The third-order valence-corrected chi connectivity index (χ3v) is 10.2.